The molecule has 27 heavy (non-hydrogen) atoms. The Kier molecular flexibility index (Phi) is 6.89. The molecule has 1 aromatic heterocycles. The molecular formula is C18H22ClF3N4O. The van der Waals surface area contributed by atoms with Gasteiger partial charge in [0.05, 0.1) is 28.7 Å². The van der Waals surface area contributed by atoms with Crippen molar-refractivity contribution in [2.75, 3.05) is 19.6 Å². The van der Waals surface area contributed by atoms with Gasteiger partial charge in [-0.15, -0.1) is 12.4 Å². The molecule has 1 amide bonds. The summed E-state index contributed by atoms with van der Waals surface area (Å²) in [5, 5.41) is 10.2. The van der Waals surface area contributed by atoms with Crippen molar-refractivity contribution in [3.05, 3.63) is 47.3 Å². The van der Waals surface area contributed by atoms with E-state index in [1.54, 1.807) is 6.92 Å². The normalized spacial score (nSPS) is 16.8. The molecule has 0 radical (unpaired) electrons. The molecule has 1 aliphatic rings. The third-order valence-electron chi connectivity index (χ3n) is 4.67. The van der Waals surface area contributed by atoms with Gasteiger partial charge < -0.3 is 10.6 Å². The van der Waals surface area contributed by atoms with E-state index >= 15 is 0 Å². The van der Waals surface area contributed by atoms with E-state index in [1.807, 2.05) is 0 Å². The van der Waals surface area contributed by atoms with E-state index in [2.05, 4.69) is 15.7 Å². The molecule has 1 saturated heterocycles. The second kappa shape index (κ2) is 8.75. The largest absolute Gasteiger partial charge is 0.416 e. The summed E-state index contributed by atoms with van der Waals surface area (Å²) in [6.07, 6.45) is -1.02. The highest BCUT2D eigenvalue weighted by Gasteiger charge is 2.30. The molecule has 1 aromatic carbocycles. The molecule has 2 N–H and O–H groups in total. The number of aromatic nitrogens is 2. The lowest BCUT2D eigenvalue weighted by Gasteiger charge is -2.11. The van der Waals surface area contributed by atoms with Crippen molar-refractivity contribution >= 4 is 18.3 Å². The van der Waals surface area contributed by atoms with Crippen LogP contribution in [-0.2, 0) is 6.18 Å². The van der Waals surface area contributed by atoms with Crippen molar-refractivity contribution in [3.63, 3.8) is 0 Å². The molecular weight excluding hydrogens is 381 g/mol. The number of rotatable bonds is 5. The molecule has 0 spiro atoms. The molecule has 0 saturated carbocycles. The number of carbonyl (C=O) groups is 1. The number of carbonyl (C=O) groups excluding carboxylic acids is 1. The first-order valence-electron chi connectivity index (χ1n) is 8.57. The zero-order valence-corrected chi connectivity index (χ0v) is 15.7. The maximum Gasteiger partial charge on any atom is 0.416 e. The van der Waals surface area contributed by atoms with E-state index in [9.17, 15) is 18.0 Å². The molecule has 148 valence electrons. The van der Waals surface area contributed by atoms with Gasteiger partial charge in [0.25, 0.3) is 5.91 Å². The maximum absolute atomic E-state index is 12.9. The third kappa shape index (κ3) is 5.01. The topological polar surface area (TPSA) is 59.0 Å². The van der Waals surface area contributed by atoms with Crippen molar-refractivity contribution in [2.45, 2.75) is 25.9 Å². The summed E-state index contributed by atoms with van der Waals surface area (Å²) >= 11 is 0. The zero-order chi connectivity index (χ0) is 18.7. The third-order valence-corrected chi connectivity index (χ3v) is 4.67. The van der Waals surface area contributed by atoms with Crippen LogP contribution < -0.4 is 10.6 Å². The first-order chi connectivity index (χ1) is 12.4. The highest BCUT2D eigenvalue weighted by molar-refractivity contribution is 5.95. The zero-order valence-electron chi connectivity index (χ0n) is 14.8. The molecule has 5 nitrogen and oxygen atoms in total. The Balaban J connectivity index is 0.00000261. The van der Waals surface area contributed by atoms with Crippen LogP contribution in [0.25, 0.3) is 5.69 Å². The Bertz CT molecular complexity index is 785. The van der Waals surface area contributed by atoms with Crippen LogP contribution in [0, 0.1) is 12.8 Å². The minimum Gasteiger partial charge on any atom is -0.352 e. The fraction of sp³-hybridized carbons (Fsp3) is 0.444. The van der Waals surface area contributed by atoms with Crippen LogP contribution in [0.15, 0.2) is 30.5 Å². The van der Waals surface area contributed by atoms with Crippen molar-refractivity contribution < 1.29 is 18.0 Å². The molecule has 1 aliphatic heterocycles. The second-order valence-corrected chi connectivity index (χ2v) is 6.51. The Morgan fingerprint density at radius 3 is 2.85 bits per heavy atom. The average Bonchev–Trinajstić information content (AvgIpc) is 3.24. The van der Waals surface area contributed by atoms with Gasteiger partial charge in [0.2, 0.25) is 0 Å². The minimum atomic E-state index is -4.42. The summed E-state index contributed by atoms with van der Waals surface area (Å²) in [4.78, 5) is 12.4. The number of alkyl halides is 3. The Morgan fingerprint density at radius 2 is 2.19 bits per heavy atom. The SMILES string of the molecule is Cc1c(C(=O)NCCC2CCNC2)cnn1-c1cccc(C(F)(F)F)c1.Cl. The Hall–Kier alpha value is -2.06. The van der Waals surface area contributed by atoms with Crippen LogP contribution >= 0.6 is 12.4 Å². The van der Waals surface area contributed by atoms with E-state index in [0.717, 1.165) is 38.1 Å². The predicted octanol–water partition coefficient (Wildman–Crippen LogP) is 3.35. The molecule has 9 heteroatoms. The van der Waals surface area contributed by atoms with Crippen LogP contribution in [0.3, 0.4) is 0 Å². The van der Waals surface area contributed by atoms with Crippen molar-refractivity contribution in [2.24, 2.45) is 5.92 Å². The van der Waals surface area contributed by atoms with Gasteiger partial charge in [-0.25, -0.2) is 4.68 Å². The quantitative estimate of drug-likeness (QED) is 0.806. The van der Waals surface area contributed by atoms with Gasteiger partial charge in [-0.3, -0.25) is 4.79 Å². The van der Waals surface area contributed by atoms with Crippen molar-refractivity contribution in [1.82, 2.24) is 20.4 Å². The van der Waals surface area contributed by atoms with E-state index in [0.29, 0.717) is 23.7 Å². The molecule has 1 atom stereocenters. The standard InChI is InChI=1S/C18H21F3N4O.ClH/c1-12-16(17(26)23-8-6-13-5-7-22-10-13)11-24-25(12)15-4-2-3-14(9-15)18(19,20)21;/h2-4,9,11,13,22H,5-8,10H2,1H3,(H,23,26);1H. The van der Waals surface area contributed by atoms with Gasteiger partial charge in [-0.1, -0.05) is 6.07 Å². The molecule has 0 bridgehead atoms. The number of halogens is 4. The first-order valence-corrected chi connectivity index (χ1v) is 8.57. The summed E-state index contributed by atoms with van der Waals surface area (Å²) in [5.74, 6) is 0.316. The van der Waals surface area contributed by atoms with Gasteiger partial charge in [-0.2, -0.15) is 18.3 Å². The van der Waals surface area contributed by atoms with Gasteiger partial charge in [0.15, 0.2) is 0 Å². The monoisotopic (exact) mass is 402 g/mol. The van der Waals surface area contributed by atoms with Gasteiger partial charge >= 0.3 is 6.18 Å². The highest BCUT2D eigenvalue weighted by Crippen LogP contribution is 2.30. The van der Waals surface area contributed by atoms with Crippen LogP contribution in [0.2, 0.25) is 0 Å². The summed E-state index contributed by atoms with van der Waals surface area (Å²) in [6, 6.07) is 4.89. The fourth-order valence-electron chi connectivity index (χ4n) is 3.15. The maximum atomic E-state index is 12.9. The number of hydrogen-bond acceptors (Lipinski definition) is 3. The average molecular weight is 403 g/mol. The van der Waals surface area contributed by atoms with Gasteiger partial charge in [0.1, 0.15) is 0 Å². The Labute approximate surface area is 161 Å². The van der Waals surface area contributed by atoms with Crippen LogP contribution in [0.1, 0.15) is 34.5 Å². The highest BCUT2D eigenvalue weighted by atomic mass is 35.5. The smallest absolute Gasteiger partial charge is 0.352 e. The summed E-state index contributed by atoms with van der Waals surface area (Å²) in [7, 11) is 0. The van der Waals surface area contributed by atoms with E-state index in [1.165, 1.54) is 23.0 Å². The molecule has 1 unspecified atom stereocenters. The van der Waals surface area contributed by atoms with Gasteiger partial charge in [0, 0.05) is 6.54 Å². The lowest BCUT2D eigenvalue weighted by atomic mass is 10.1. The molecule has 0 aliphatic carbocycles. The van der Waals surface area contributed by atoms with Crippen molar-refractivity contribution in [1.29, 1.82) is 0 Å². The first kappa shape index (κ1) is 21.2. The lowest BCUT2D eigenvalue weighted by molar-refractivity contribution is -0.137. The van der Waals surface area contributed by atoms with Crippen LogP contribution in [0.5, 0.6) is 0 Å². The molecule has 2 aromatic rings. The minimum absolute atomic E-state index is 0. The number of nitrogens with one attached hydrogen (secondary N) is 2. The fourth-order valence-corrected chi connectivity index (χ4v) is 3.15. The molecule has 3 rings (SSSR count). The van der Waals surface area contributed by atoms with Crippen molar-refractivity contribution in [3.8, 4) is 5.69 Å². The number of hydrogen-bond donors (Lipinski definition) is 2. The van der Waals surface area contributed by atoms with E-state index in [4.69, 9.17) is 0 Å². The predicted molar refractivity (Wildman–Crippen MR) is 98.5 cm³/mol. The summed E-state index contributed by atoms with van der Waals surface area (Å²) in [5.41, 5.74) is 0.394. The van der Waals surface area contributed by atoms with Crippen LogP contribution in [-0.4, -0.2) is 35.3 Å². The van der Waals surface area contributed by atoms with Gasteiger partial charge in [-0.05, 0) is 57.0 Å². The molecule has 2 heterocycles. The summed E-state index contributed by atoms with van der Waals surface area (Å²) in [6.45, 7) is 4.23. The van der Waals surface area contributed by atoms with E-state index in [-0.39, 0.29) is 24.0 Å². The molecule has 1 fully saturated rings. The second-order valence-electron chi connectivity index (χ2n) is 6.51. The van der Waals surface area contributed by atoms with E-state index < -0.39 is 11.7 Å². The van der Waals surface area contributed by atoms with Crippen LogP contribution in [0.4, 0.5) is 13.2 Å². The summed E-state index contributed by atoms with van der Waals surface area (Å²) < 4.78 is 40.0. The Morgan fingerprint density at radius 1 is 1.41 bits per heavy atom. The number of amides is 1. The number of benzene rings is 1. The lowest BCUT2D eigenvalue weighted by Crippen LogP contribution is -2.26. The number of nitrogens with zero attached hydrogens (tertiary/aromatic N) is 2.